The highest BCUT2D eigenvalue weighted by Crippen LogP contribution is 2.14. The summed E-state index contributed by atoms with van der Waals surface area (Å²) in [4.78, 5) is 6.51. The molecule has 2 aromatic rings. The molecule has 3 heteroatoms. The Hall–Kier alpha value is -1.35. The topological polar surface area (TPSA) is 29.3 Å². The van der Waals surface area contributed by atoms with Crippen molar-refractivity contribution in [2.75, 3.05) is 20.6 Å². The fraction of sp³-hybridized carbons (Fsp3) is 0.364. The lowest BCUT2D eigenvalue weighted by Crippen LogP contribution is -2.15. The third-order valence-corrected chi connectivity index (χ3v) is 2.21. The first-order chi connectivity index (χ1) is 6.75. The highest BCUT2D eigenvalue weighted by Gasteiger charge is 2.00. The lowest BCUT2D eigenvalue weighted by atomic mass is 10.2. The van der Waals surface area contributed by atoms with Crippen molar-refractivity contribution in [3.63, 3.8) is 0 Å². The average Bonchev–Trinajstić information content (AvgIpc) is 2.61. The van der Waals surface area contributed by atoms with Crippen molar-refractivity contribution in [2.45, 2.75) is 6.42 Å². The number of furan rings is 1. The molecule has 0 atom stereocenters. The maximum atomic E-state index is 5.31. The molecule has 0 fully saturated rings. The van der Waals surface area contributed by atoms with E-state index in [1.165, 1.54) is 0 Å². The van der Waals surface area contributed by atoms with E-state index in [0.717, 1.165) is 29.6 Å². The van der Waals surface area contributed by atoms with Crippen LogP contribution < -0.4 is 0 Å². The summed E-state index contributed by atoms with van der Waals surface area (Å²) in [5.74, 6) is 0. The van der Waals surface area contributed by atoms with Gasteiger partial charge in [-0.1, -0.05) is 0 Å². The van der Waals surface area contributed by atoms with E-state index in [1.807, 2.05) is 18.3 Å². The lowest BCUT2D eigenvalue weighted by molar-refractivity contribution is 0.412. The number of fused-ring (bicyclic) bond motifs is 1. The zero-order valence-corrected chi connectivity index (χ0v) is 8.53. The fourth-order valence-electron chi connectivity index (χ4n) is 1.37. The van der Waals surface area contributed by atoms with Gasteiger partial charge in [-0.25, -0.2) is 0 Å². The summed E-state index contributed by atoms with van der Waals surface area (Å²) in [6.45, 7) is 1.01. The predicted octanol–water partition coefficient (Wildman–Crippen LogP) is 1.93. The molecule has 3 nitrogen and oxygen atoms in total. The minimum absolute atomic E-state index is 0.925. The van der Waals surface area contributed by atoms with E-state index >= 15 is 0 Å². The van der Waals surface area contributed by atoms with E-state index in [0.29, 0.717) is 0 Å². The standard InChI is InChI=1S/C11H14N2O/c1-13(2)5-3-10-7-11-9(8-12-10)4-6-14-11/h4,6-8H,3,5H2,1-2H3. The van der Waals surface area contributed by atoms with Crippen molar-refractivity contribution in [2.24, 2.45) is 0 Å². The number of rotatable bonds is 3. The Morgan fingerprint density at radius 2 is 2.29 bits per heavy atom. The lowest BCUT2D eigenvalue weighted by Gasteiger charge is -2.07. The number of likely N-dealkylation sites (N-methyl/N-ethyl adjacent to an activating group) is 1. The van der Waals surface area contributed by atoms with Gasteiger partial charge in [-0.3, -0.25) is 4.98 Å². The second-order valence-electron chi connectivity index (χ2n) is 3.69. The van der Waals surface area contributed by atoms with Gasteiger partial charge >= 0.3 is 0 Å². The Bertz CT molecular complexity index is 420. The molecule has 0 radical (unpaired) electrons. The third-order valence-electron chi connectivity index (χ3n) is 2.21. The van der Waals surface area contributed by atoms with Gasteiger partial charge in [-0.15, -0.1) is 0 Å². The number of pyridine rings is 1. The summed E-state index contributed by atoms with van der Waals surface area (Å²) < 4.78 is 5.31. The molecule has 0 aliphatic carbocycles. The highest BCUT2D eigenvalue weighted by atomic mass is 16.3. The molecule has 2 heterocycles. The van der Waals surface area contributed by atoms with E-state index in [4.69, 9.17) is 4.42 Å². The molecule has 0 aliphatic rings. The first-order valence-electron chi connectivity index (χ1n) is 4.72. The molecule has 0 amide bonds. The van der Waals surface area contributed by atoms with Crippen molar-refractivity contribution in [3.05, 3.63) is 30.3 Å². The molecule has 0 saturated heterocycles. The van der Waals surface area contributed by atoms with E-state index in [-0.39, 0.29) is 0 Å². The summed E-state index contributed by atoms with van der Waals surface area (Å²) in [6, 6.07) is 3.94. The molecule has 0 N–H and O–H groups in total. The number of hydrogen-bond donors (Lipinski definition) is 0. The summed E-state index contributed by atoms with van der Waals surface area (Å²) >= 11 is 0. The molecule has 74 valence electrons. The quantitative estimate of drug-likeness (QED) is 0.740. The largest absolute Gasteiger partial charge is 0.464 e. The van der Waals surface area contributed by atoms with Crippen LogP contribution in [0.3, 0.4) is 0 Å². The van der Waals surface area contributed by atoms with Crippen LogP contribution in [0.2, 0.25) is 0 Å². The second-order valence-corrected chi connectivity index (χ2v) is 3.69. The summed E-state index contributed by atoms with van der Waals surface area (Å²) in [5.41, 5.74) is 2.01. The van der Waals surface area contributed by atoms with Crippen LogP contribution in [0.1, 0.15) is 5.69 Å². The van der Waals surface area contributed by atoms with Crippen LogP contribution in [-0.2, 0) is 6.42 Å². The summed E-state index contributed by atoms with van der Waals surface area (Å²) in [7, 11) is 4.12. The molecule has 0 aromatic carbocycles. The van der Waals surface area contributed by atoms with Gasteiger partial charge < -0.3 is 9.32 Å². The minimum atomic E-state index is 0.925. The minimum Gasteiger partial charge on any atom is -0.464 e. The zero-order valence-electron chi connectivity index (χ0n) is 8.53. The van der Waals surface area contributed by atoms with Crippen molar-refractivity contribution >= 4 is 11.0 Å². The molecular weight excluding hydrogens is 176 g/mol. The van der Waals surface area contributed by atoms with Gasteiger partial charge in [0.25, 0.3) is 0 Å². The number of aromatic nitrogens is 1. The molecule has 0 spiro atoms. The Morgan fingerprint density at radius 3 is 3.07 bits per heavy atom. The van der Waals surface area contributed by atoms with Gasteiger partial charge in [0.15, 0.2) is 0 Å². The Labute approximate surface area is 83.3 Å². The van der Waals surface area contributed by atoms with E-state index in [1.54, 1.807) is 6.26 Å². The zero-order chi connectivity index (χ0) is 9.97. The first-order valence-corrected chi connectivity index (χ1v) is 4.72. The molecule has 0 aliphatic heterocycles. The molecule has 0 saturated carbocycles. The van der Waals surface area contributed by atoms with Gasteiger partial charge in [-0.05, 0) is 20.2 Å². The van der Waals surface area contributed by atoms with Gasteiger partial charge in [0.2, 0.25) is 0 Å². The van der Waals surface area contributed by atoms with Crippen LogP contribution in [0.5, 0.6) is 0 Å². The SMILES string of the molecule is CN(C)CCc1cc2occc2cn1. The molecule has 0 bridgehead atoms. The summed E-state index contributed by atoms with van der Waals surface area (Å²) in [6.07, 6.45) is 4.52. The number of hydrogen-bond acceptors (Lipinski definition) is 3. The molecule has 2 aromatic heterocycles. The molecule has 14 heavy (non-hydrogen) atoms. The van der Waals surface area contributed by atoms with Crippen molar-refractivity contribution in [1.29, 1.82) is 0 Å². The number of nitrogens with zero attached hydrogens (tertiary/aromatic N) is 2. The first kappa shape index (κ1) is 9.21. The monoisotopic (exact) mass is 190 g/mol. The van der Waals surface area contributed by atoms with Crippen molar-refractivity contribution in [3.8, 4) is 0 Å². The van der Waals surface area contributed by atoms with Crippen LogP contribution in [0, 0.1) is 0 Å². The van der Waals surface area contributed by atoms with Gasteiger partial charge in [-0.2, -0.15) is 0 Å². The van der Waals surface area contributed by atoms with E-state index < -0.39 is 0 Å². The Morgan fingerprint density at radius 1 is 1.43 bits per heavy atom. The fourth-order valence-corrected chi connectivity index (χ4v) is 1.37. The molecule has 2 rings (SSSR count). The van der Waals surface area contributed by atoms with Crippen LogP contribution in [-0.4, -0.2) is 30.5 Å². The smallest absolute Gasteiger partial charge is 0.137 e. The van der Waals surface area contributed by atoms with Crippen LogP contribution in [0.25, 0.3) is 11.0 Å². The highest BCUT2D eigenvalue weighted by molar-refractivity contribution is 5.76. The van der Waals surface area contributed by atoms with Gasteiger partial charge in [0.05, 0.1) is 6.26 Å². The van der Waals surface area contributed by atoms with E-state index in [9.17, 15) is 0 Å². The Kier molecular flexibility index (Phi) is 2.50. The maximum Gasteiger partial charge on any atom is 0.137 e. The average molecular weight is 190 g/mol. The van der Waals surface area contributed by atoms with Crippen LogP contribution >= 0.6 is 0 Å². The predicted molar refractivity (Wildman–Crippen MR) is 56.3 cm³/mol. The summed E-state index contributed by atoms with van der Waals surface area (Å²) in [5, 5.41) is 1.07. The van der Waals surface area contributed by atoms with Crippen molar-refractivity contribution in [1.82, 2.24) is 9.88 Å². The molecular formula is C11H14N2O. The van der Waals surface area contributed by atoms with Crippen LogP contribution in [0.4, 0.5) is 0 Å². The van der Waals surface area contributed by atoms with E-state index in [2.05, 4.69) is 24.0 Å². The van der Waals surface area contributed by atoms with Crippen molar-refractivity contribution < 1.29 is 4.42 Å². The molecule has 0 unspecified atom stereocenters. The Balaban J connectivity index is 2.17. The second kappa shape index (κ2) is 3.80. The third kappa shape index (κ3) is 1.93. The normalized spacial score (nSPS) is 11.4. The maximum absolute atomic E-state index is 5.31. The van der Waals surface area contributed by atoms with Gasteiger partial charge in [0.1, 0.15) is 5.58 Å². The van der Waals surface area contributed by atoms with Gasteiger partial charge in [0, 0.05) is 36.3 Å². The van der Waals surface area contributed by atoms with Crippen LogP contribution in [0.15, 0.2) is 29.0 Å².